The van der Waals surface area contributed by atoms with Crippen LogP contribution in [0.5, 0.6) is 0 Å². The molecular weight excluding hydrogens is 355 g/mol. The number of halogens is 2. The maximum atomic E-state index is 6.13. The van der Waals surface area contributed by atoms with Crippen LogP contribution in [0.1, 0.15) is 43.4 Å². The summed E-state index contributed by atoms with van der Waals surface area (Å²) in [6.07, 6.45) is 8.72. The number of amidine groups is 1. The van der Waals surface area contributed by atoms with Gasteiger partial charge < -0.3 is 5.32 Å². The molecule has 25 heavy (non-hydrogen) atoms. The second-order valence-electron chi connectivity index (χ2n) is 6.95. The summed E-state index contributed by atoms with van der Waals surface area (Å²) in [5.74, 6) is 1.08. The molecule has 1 spiro atoms. The van der Waals surface area contributed by atoms with Crippen LogP contribution >= 0.6 is 23.2 Å². The zero-order valence-corrected chi connectivity index (χ0v) is 15.4. The van der Waals surface area contributed by atoms with Crippen LogP contribution in [0.25, 0.3) is 0 Å². The van der Waals surface area contributed by atoms with Gasteiger partial charge in [0.2, 0.25) is 0 Å². The van der Waals surface area contributed by atoms with Gasteiger partial charge in [0, 0.05) is 11.8 Å². The molecule has 1 saturated carbocycles. The maximum absolute atomic E-state index is 6.13. The van der Waals surface area contributed by atoms with Gasteiger partial charge in [0.25, 0.3) is 0 Å². The van der Waals surface area contributed by atoms with E-state index in [0.29, 0.717) is 16.6 Å². The van der Waals surface area contributed by atoms with E-state index in [9.17, 15) is 0 Å². The molecule has 1 fully saturated rings. The van der Waals surface area contributed by atoms with E-state index < -0.39 is 0 Å². The molecule has 1 N–H and O–H groups in total. The molecule has 0 amide bonds. The van der Waals surface area contributed by atoms with Crippen LogP contribution in [-0.4, -0.2) is 16.0 Å². The van der Waals surface area contributed by atoms with Gasteiger partial charge in [-0.1, -0.05) is 48.5 Å². The number of benzene rings is 1. The normalized spacial score (nSPS) is 20.3. The summed E-state index contributed by atoms with van der Waals surface area (Å²) in [7, 11) is 0. The minimum absolute atomic E-state index is 0.0670. The monoisotopic (exact) mass is 374 g/mol. The maximum Gasteiger partial charge on any atom is 0.108 e. The molecule has 2 aromatic rings. The Bertz CT molecular complexity index is 813. The van der Waals surface area contributed by atoms with Crippen LogP contribution in [0, 0.1) is 5.41 Å². The molecule has 4 nitrogen and oxygen atoms in total. The van der Waals surface area contributed by atoms with Crippen LogP contribution < -0.4 is 5.32 Å². The predicted octanol–water partition coefficient (Wildman–Crippen LogP) is 5.30. The van der Waals surface area contributed by atoms with Crippen LogP contribution in [0.15, 0.2) is 35.5 Å². The topological polar surface area (TPSA) is 50.2 Å². The molecular formula is C19H20Cl2N4. The third-order valence-corrected chi connectivity index (χ3v) is 6.01. The quantitative estimate of drug-likeness (QED) is 0.775. The zero-order valence-electron chi connectivity index (χ0n) is 13.9. The van der Waals surface area contributed by atoms with E-state index in [1.807, 2.05) is 24.3 Å². The standard InChI is InChI=1S/C19H20Cl2N4/c20-14-5-4-13(10-15(14)21)12-22-18-19(7-2-1-3-8-19)11-17-16(24-18)6-9-23-25-17/h4-6,9-10H,1-3,7-8,11-12H2,(H,22,24). The van der Waals surface area contributed by atoms with Gasteiger partial charge in [-0.15, -0.1) is 0 Å². The summed E-state index contributed by atoms with van der Waals surface area (Å²) < 4.78 is 0. The highest BCUT2D eigenvalue weighted by atomic mass is 35.5. The van der Waals surface area contributed by atoms with Gasteiger partial charge in [-0.3, -0.25) is 4.99 Å². The second-order valence-corrected chi connectivity index (χ2v) is 7.76. The number of rotatable bonds is 2. The molecule has 6 heteroatoms. The third kappa shape index (κ3) is 3.38. The van der Waals surface area contributed by atoms with Gasteiger partial charge in [-0.05, 0) is 36.6 Å². The highest BCUT2D eigenvalue weighted by molar-refractivity contribution is 6.42. The fourth-order valence-electron chi connectivity index (χ4n) is 3.93. The number of hydrogen-bond acceptors (Lipinski definition) is 3. The van der Waals surface area contributed by atoms with Crippen molar-refractivity contribution in [2.45, 2.75) is 45.1 Å². The van der Waals surface area contributed by atoms with Crippen molar-refractivity contribution in [2.75, 3.05) is 5.32 Å². The number of anilines is 1. The minimum atomic E-state index is 0.0670. The zero-order chi connectivity index (χ0) is 17.3. The van der Waals surface area contributed by atoms with Crippen LogP contribution in [0.3, 0.4) is 0 Å². The van der Waals surface area contributed by atoms with Gasteiger partial charge in [-0.25, -0.2) is 0 Å². The molecule has 1 aliphatic heterocycles. The van der Waals surface area contributed by atoms with Crippen molar-refractivity contribution < 1.29 is 0 Å². The summed E-state index contributed by atoms with van der Waals surface area (Å²) >= 11 is 12.1. The van der Waals surface area contributed by atoms with Crippen molar-refractivity contribution in [3.05, 3.63) is 51.8 Å². The van der Waals surface area contributed by atoms with Gasteiger partial charge in [-0.2, -0.15) is 10.2 Å². The van der Waals surface area contributed by atoms with E-state index in [1.54, 1.807) is 6.20 Å². The molecule has 0 radical (unpaired) electrons. The summed E-state index contributed by atoms with van der Waals surface area (Å²) in [5.41, 5.74) is 3.21. The Labute approximate surface area is 157 Å². The van der Waals surface area contributed by atoms with E-state index in [1.165, 1.54) is 19.3 Å². The SMILES string of the molecule is Clc1ccc(CN=C2Nc3ccnnc3CC23CCCCC3)cc1Cl. The lowest BCUT2D eigenvalue weighted by atomic mass is 9.68. The number of hydrogen-bond donors (Lipinski definition) is 1. The molecule has 4 rings (SSSR count). The summed E-state index contributed by atoms with van der Waals surface area (Å²) in [6.45, 7) is 0.592. The van der Waals surface area contributed by atoms with Crippen LogP contribution in [-0.2, 0) is 13.0 Å². The number of aromatic nitrogens is 2. The lowest BCUT2D eigenvalue weighted by Crippen LogP contribution is -2.44. The Morgan fingerprint density at radius 3 is 2.72 bits per heavy atom. The Kier molecular flexibility index (Phi) is 4.65. The predicted molar refractivity (Wildman–Crippen MR) is 102 cm³/mol. The molecule has 2 heterocycles. The van der Waals surface area contributed by atoms with E-state index in [0.717, 1.165) is 42.0 Å². The van der Waals surface area contributed by atoms with Crippen molar-refractivity contribution in [2.24, 2.45) is 10.4 Å². The second kappa shape index (κ2) is 6.93. The average Bonchev–Trinajstić information content (AvgIpc) is 2.63. The summed E-state index contributed by atoms with van der Waals surface area (Å²) in [4.78, 5) is 4.96. The molecule has 1 aromatic heterocycles. The smallest absolute Gasteiger partial charge is 0.108 e. The molecule has 1 aromatic carbocycles. The summed E-state index contributed by atoms with van der Waals surface area (Å²) in [6, 6.07) is 7.68. The first-order chi connectivity index (χ1) is 12.2. The first-order valence-corrected chi connectivity index (χ1v) is 9.48. The van der Waals surface area contributed by atoms with E-state index in [-0.39, 0.29) is 5.41 Å². The minimum Gasteiger partial charge on any atom is -0.342 e. The van der Waals surface area contributed by atoms with Crippen molar-refractivity contribution in [3.8, 4) is 0 Å². The summed E-state index contributed by atoms with van der Waals surface area (Å²) in [5, 5.41) is 13.1. The van der Waals surface area contributed by atoms with Gasteiger partial charge >= 0.3 is 0 Å². The molecule has 1 aliphatic carbocycles. The molecule has 130 valence electrons. The van der Waals surface area contributed by atoms with Crippen molar-refractivity contribution in [1.29, 1.82) is 0 Å². The fraction of sp³-hybridized carbons (Fsp3) is 0.421. The molecule has 0 saturated heterocycles. The Hall–Kier alpha value is -1.65. The third-order valence-electron chi connectivity index (χ3n) is 5.27. The largest absolute Gasteiger partial charge is 0.342 e. The molecule has 2 aliphatic rings. The number of nitrogens with zero attached hydrogens (tertiary/aromatic N) is 3. The van der Waals surface area contributed by atoms with Crippen molar-refractivity contribution in [3.63, 3.8) is 0 Å². The lowest BCUT2D eigenvalue weighted by molar-refractivity contribution is 0.275. The van der Waals surface area contributed by atoms with Gasteiger partial charge in [0.1, 0.15) is 5.84 Å². The van der Waals surface area contributed by atoms with E-state index in [4.69, 9.17) is 28.2 Å². The Morgan fingerprint density at radius 1 is 1.08 bits per heavy atom. The van der Waals surface area contributed by atoms with E-state index in [2.05, 4.69) is 15.5 Å². The van der Waals surface area contributed by atoms with Crippen LogP contribution in [0.4, 0.5) is 5.69 Å². The highest BCUT2D eigenvalue weighted by Gasteiger charge is 2.41. The highest BCUT2D eigenvalue weighted by Crippen LogP contribution is 2.44. The van der Waals surface area contributed by atoms with Gasteiger partial charge in [0.15, 0.2) is 0 Å². The van der Waals surface area contributed by atoms with Gasteiger partial charge in [0.05, 0.1) is 34.2 Å². The van der Waals surface area contributed by atoms with Crippen molar-refractivity contribution >= 4 is 34.7 Å². The first-order valence-electron chi connectivity index (χ1n) is 8.73. The van der Waals surface area contributed by atoms with Crippen molar-refractivity contribution in [1.82, 2.24) is 10.2 Å². The van der Waals surface area contributed by atoms with E-state index >= 15 is 0 Å². The lowest BCUT2D eigenvalue weighted by Gasteiger charge is -2.41. The molecule has 0 atom stereocenters. The first kappa shape index (κ1) is 16.8. The number of fused-ring (bicyclic) bond motifs is 1. The molecule has 0 unspecified atom stereocenters. The average molecular weight is 375 g/mol. The van der Waals surface area contributed by atoms with Crippen LogP contribution in [0.2, 0.25) is 10.0 Å². The number of nitrogens with one attached hydrogen (secondary N) is 1. The Morgan fingerprint density at radius 2 is 1.92 bits per heavy atom. The number of aliphatic imine (C=N–C) groups is 1. The Balaban J connectivity index is 1.66. The fourth-order valence-corrected chi connectivity index (χ4v) is 4.25. The molecule has 0 bridgehead atoms.